The quantitative estimate of drug-likeness (QED) is 0.775. The Bertz CT molecular complexity index is 572. The molecule has 5 nitrogen and oxygen atoms in total. The van der Waals surface area contributed by atoms with Gasteiger partial charge in [-0.2, -0.15) is 0 Å². The minimum Gasteiger partial charge on any atom is -0.497 e. The summed E-state index contributed by atoms with van der Waals surface area (Å²) in [4.78, 5) is 2.50. The van der Waals surface area contributed by atoms with E-state index in [1.54, 1.807) is 7.11 Å². The molecule has 6 heteroatoms. The molecule has 130 valence electrons. The van der Waals surface area contributed by atoms with Gasteiger partial charge in [0.2, 0.25) is 10.0 Å². The summed E-state index contributed by atoms with van der Waals surface area (Å²) < 4.78 is 30.1. The molecule has 0 amide bonds. The molecule has 0 bridgehead atoms. The third-order valence-corrected chi connectivity index (χ3v) is 5.08. The lowest BCUT2D eigenvalue weighted by Gasteiger charge is -2.30. The lowest BCUT2D eigenvalue weighted by atomic mass is 10.0. The fourth-order valence-corrected chi connectivity index (χ4v) is 3.69. The first-order chi connectivity index (χ1) is 11.0. The van der Waals surface area contributed by atoms with Gasteiger partial charge >= 0.3 is 0 Å². The third kappa shape index (κ3) is 6.12. The minimum atomic E-state index is -3.09. The Balaban J connectivity index is 1.98. The Hall–Kier alpha value is -1.11. The highest BCUT2D eigenvalue weighted by Crippen LogP contribution is 2.31. The predicted octanol–water partition coefficient (Wildman–Crippen LogP) is 2.55. The van der Waals surface area contributed by atoms with Crippen LogP contribution in [-0.2, 0) is 10.0 Å². The van der Waals surface area contributed by atoms with E-state index < -0.39 is 10.0 Å². The van der Waals surface area contributed by atoms with Crippen molar-refractivity contribution in [1.82, 2.24) is 9.62 Å². The number of ether oxygens (including phenoxy) is 1. The largest absolute Gasteiger partial charge is 0.497 e. The van der Waals surface area contributed by atoms with Gasteiger partial charge in [0.1, 0.15) is 5.75 Å². The summed E-state index contributed by atoms with van der Waals surface area (Å²) in [6, 6.07) is 8.75. The zero-order chi connectivity index (χ0) is 16.7. The van der Waals surface area contributed by atoms with Crippen LogP contribution in [-0.4, -0.2) is 46.3 Å². The Morgan fingerprint density at radius 2 is 1.96 bits per heavy atom. The van der Waals surface area contributed by atoms with Crippen molar-refractivity contribution in [1.29, 1.82) is 0 Å². The highest BCUT2D eigenvalue weighted by molar-refractivity contribution is 7.88. The second-order valence-corrected chi connectivity index (χ2v) is 8.03. The molecular formula is C17H28N2O3S. The zero-order valence-electron chi connectivity index (χ0n) is 14.1. The van der Waals surface area contributed by atoms with Crippen LogP contribution in [0.15, 0.2) is 24.3 Å². The molecular weight excluding hydrogens is 312 g/mol. The van der Waals surface area contributed by atoms with E-state index >= 15 is 0 Å². The fourth-order valence-electron chi connectivity index (χ4n) is 3.18. The van der Waals surface area contributed by atoms with Crippen molar-refractivity contribution in [3.63, 3.8) is 0 Å². The first-order valence-corrected chi connectivity index (χ1v) is 10.2. The fraction of sp³-hybridized carbons (Fsp3) is 0.647. The molecule has 2 rings (SSSR count). The molecule has 1 fully saturated rings. The standard InChI is InChI=1S/C17H28N2O3S/c1-22-16-10-8-15(9-11-16)17-7-4-3-5-13-19(17)14-6-12-18-23(2,20)21/h8-11,17-18H,3-7,12-14H2,1-2H3. The van der Waals surface area contributed by atoms with E-state index in [0.717, 1.165) is 31.7 Å². The monoisotopic (exact) mass is 340 g/mol. The number of sulfonamides is 1. The number of nitrogens with zero attached hydrogens (tertiary/aromatic N) is 1. The molecule has 1 saturated heterocycles. The second-order valence-electron chi connectivity index (χ2n) is 6.19. The Kier molecular flexibility index (Phi) is 6.87. The predicted molar refractivity (Wildman–Crippen MR) is 93.2 cm³/mol. The second kappa shape index (κ2) is 8.66. The van der Waals surface area contributed by atoms with E-state index in [4.69, 9.17) is 4.74 Å². The molecule has 0 aliphatic carbocycles. The first-order valence-electron chi connectivity index (χ1n) is 8.32. The van der Waals surface area contributed by atoms with E-state index in [0.29, 0.717) is 12.6 Å². The highest BCUT2D eigenvalue weighted by atomic mass is 32.2. The van der Waals surface area contributed by atoms with Crippen molar-refractivity contribution >= 4 is 10.0 Å². The van der Waals surface area contributed by atoms with E-state index in [2.05, 4.69) is 21.8 Å². The number of hydrogen-bond donors (Lipinski definition) is 1. The average molecular weight is 340 g/mol. The summed E-state index contributed by atoms with van der Waals surface area (Å²) in [7, 11) is -1.41. The topological polar surface area (TPSA) is 58.6 Å². The molecule has 1 N–H and O–H groups in total. The molecule has 0 saturated carbocycles. The molecule has 1 unspecified atom stereocenters. The number of benzene rings is 1. The lowest BCUT2D eigenvalue weighted by molar-refractivity contribution is 0.199. The van der Waals surface area contributed by atoms with Gasteiger partial charge in [-0.1, -0.05) is 25.0 Å². The van der Waals surface area contributed by atoms with Crippen LogP contribution in [0.3, 0.4) is 0 Å². The van der Waals surface area contributed by atoms with Gasteiger partial charge < -0.3 is 4.74 Å². The van der Waals surface area contributed by atoms with Crippen LogP contribution in [0.4, 0.5) is 0 Å². The minimum absolute atomic E-state index is 0.418. The van der Waals surface area contributed by atoms with Crippen LogP contribution in [0, 0.1) is 0 Å². The molecule has 0 aromatic heterocycles. The molecule has 1 heterocycles. The highest BCUT2D eigenvalue weighted by Gasteiger charge is 2.22. The van der Waals surface area contributed by atoms with Crippen LogP contribution >= 0.6 is 0 Å². The average Bonchev–Trinajstić information content (AvgIpc) is 2.76. The van der Waals surface area contributed by atoms with Crippen molar-refractivity contribution in [2.45, 2.75) is 38.1 Å². The molecule has 0 spiro atoms. The Labute approximate surface area is 140 Å². The smallest absolute Gasteiger partial charge is 0.208 e. The number of methoxy groups -OCH3 is 1. The van der Waals surface area contributed by atoms with Gasteiger partial charge in [-0.25, -0.2) is 13.1 Å². The molecule has 1 aliphatic heterocycles. The van der Waals surface area contributed by atoms with Gasteiger partial charge in [0, 0.05) is 12.6 Å². The van der Waals surface area contributed by atoms with Crippen molar-refractivity contribution < 1.29 is 13.2 Å². The van der Waals surface area contributed by atoms with E-state index in [-0.39, 0.29) is 0 Å². The SMILES string of the molecule is COc1ccc(C2CCCCCN2CCCNS(C)(=O)=O)cc1. The zero-order valence-corrected chi connectivity index (χ0v) is 14.9. The Morgan fingerprint density at radius 3 is 2.61 bits per heavy atom. The molecule has 1 aromatic rings. The maximum atomic E-state index is 11.1. The van der Waals surface area contributed by atoms with Crippen molar-refractivity contribution in [3.05, 3.63) is 29.8 Å². The van der Waals surface area contributed by atoms with Gasteiger partial charge in [0.15, 0.2) is 0 Å². The van der Waals surface area contributed by atoms with Crippen molar-refractivity contribution in [2.75, 3.05) is 33.0 Å². The lowest BCUT2D eigenvalue weighted by Crippen LogP contribution is -2.32. The summed E-state index contributed by atoms with van der Waals surface area (Å²) in [5.41, 5.74) is 1.32. The van der Waals surface area contributed by atoms with Gasteiger partial charge in [0.05, 0.1) is 13.4 Å². The van der Waals surface area contributed by atoms with Crippen LogP contribution in [0.25, 0.3) is 0 Å². The van der Waals surface area contributed by atoms with Crippen LogP contribution in [0.5, 0.6) is 5.75 Å². The number of nitrogens with one attached hydrogen (secondary N) is 1. The van der Waals surface area contributed by atoms with Crippen LogP contribution < -0.4 is 9.46 Å². The van der Waals surface area contributed by atoms with Gasteiger partial charge in [-0.3, -0.25) is 4.90 Å². The van der Waals surface area contributed by atoms with E-state index in [1.807, 2.05) is 12.1 Å². The molecule has 1 aromatic carbocycles. The maximum Gasteiger partial charge on any atom is 0.208 e. The summed E-state index contributed by atoms with van der Waals surface area (Å²) in [6.07, 6.45) is 6.93. The normalized spacial score (nSPS) is 20.2. The van der Waals surface area contributed by atoms with Crippen LogP contribution in [0.1, 0.15) is 43.7 Å². The third-order valence-electron chi connectivity index (χ3n) is 4.35. The summed E-state index contributed by atoms with van der Waals surface area (Å²) in [5.74, 6) is 0.881. The molecule has 1 atom stereocenters. The first kappa shape index (κ1) is 18.2. The van der Waals surface area contributed by atoms with Crippen molar-refractivity contribution in [2.24, 2.45) is 0 Å². The summed E-state index contributed by atoms with van der Waals surface area (Å²) in [6.45, 7) is 2.50. The summed E-state index contributed by atoms with van der Waals surface area (Å²) >= 11 is 0. The number of likely N-dealkylation sites (tertiary alicyclic amines) is 1. The molecule has 1 aliphatic rings. The number of rotatable bonds is 7. The van der Waals surface area contributed by atoms with Crippen molar-refractivity contribution in [3.8, 4) is 5.75 Å². The Morgan fingerprint density at radius 1 is 1.22 bits per heavy atom. The van der Waals surface area contributed by atoms with Gasteiger partial charge in [-0.05, 0) is 50.0 Å². The maximum absolute atomic E-state index is 11.1. The van der Waals surface area contributed by atoms with E-state index in [9.17, 15) is 8.42 Å². The number of hydrogen-bond acceptors (Lipinski definition) is 4. The van der Waals surface area contributed by atoms with Crippen LogP contribution in [0.2, 0.25) is 0 Å². The van der Waals surface area contributed by atoms with Gasteiger partial charge in [-0.15, -0.1) is 0 Å². The molecule has 0 radical (unpaired) electrons. The molecule has 23 heavy (non-hydrogen) atoms. The van der Waals surface area contributed by atoms with E-state index in [1.165, 1.54) is 31.1 Å². The van der Waals surface area contributed by atoms with Gasteiger partial charge in [0.25, 0.3) is 0 Å². The summed E-state index contributed by atoms with van der Waals surface area (Å²) in [5, 5.41) is 0.